The van der Waals surface area contributed by atoms with Gasteiger partial charge in [0.15, 0.2) is 0 Å². The molecule has 0 aromatic heterocycles. The summed E-state index contributed by atoms with van der Waals surface area (Å²) in [6.45, 7) is 3.87. The van der Waals surface area contributed by atoms with Gasteiger partial charge in [-0.2, -0.15) is 4.72 Å². The van der Waals surface area contributed by atoms with E-state index in [1.54, 1.807) is 0 Å². The molecule has 2 atom stereocenters. The van der Waals surface area contributed by atoms with Gasteiger partial charge in [-0.1, -0.05) is 12.1 Å². The van der Waals surface area contributed by atoms with Gasteiger partial charge in [-0.05, 0) is 154 Å². The third-order valence-electron chi connectivity index (χ3n) is 10.5. The van der Waals surface area contributed by atoms with E-state index in [2.05, 4.69) is 32.2 Å². The number of anilines is 2. The second-order valence-corrected chi connectivity index (χ2v) is 18.0. The number of sulfonamides is 1. The Kier molecular flexibility index (Phi) is 8.09. The van der Waals surface area contributed by atoms with Crippen LogP contribution in [0.15, 0.2) is 12.1 Å². The second kappa shape index (κ2) is 11.8. The Balaban J connectivity index is 1.04. The highest BCUT2D eigenvalue weighted by Crippen LogP contribution is 2.47. The van der Waals surface area contributed by atoms with Crippen LogP contribution in [0.2, 0.25) is 0 Å². The molecule has 0 aliphatic heterocycles. The Labute approximate surface area is 269 Å². The van der Waals surface area contributed by atoms with Crippen LogP contribution in [0.25, 0.3) is 0 Å². The highest BCUT2D eigenvalue weighted by atomic mass is 32.2. The van der Waals surface area contributed by atoms with E-state index in [4.69, 9.17) is 0 Å². The molecular weight excluding hydrogens is 609 g/mol. The molecular formula is C34H44N4O5S2. The molecule has 1 saturated carbocycles. The minimum atomic E-state index is -3.68. The summed E-state index contributed by atoms with van der Waals surface area (Å²) in [6.07, 6.45) is 12.9. The molecule has 0 spiro atoms. The summed E-state index contributed by atoms with van der Waals surface area (Å²) in [5.41, 5.74) is 11.3. The van der Waals surface area contributed by atoms with Gasteiger partial charge in [-0.3, -0.25) is 0 Å². The molecule has 11 heteroatoms. The quantitative estimate of drug-likeness (QED) is 0.258. The van der Waals surface area contributed by atoms with Gasteiger partial charge in [0.05, 0.1) is 17.1 Å². The van der Waals surface area contributed by atoms with E-state index in [1.807, 2.05) is 13.8 Å². The van der Waals surface area contributed by atoms with Crippen molar-refractivity contribution in [3.8, 4) is 0 Å². The van der Waals surface area contributed by atoms with E-state index in [0.29, 0.717) is 6.42 Å². The van der Waals surface area contributed by atoms with Crippen LogP contribution in [0, 0.1) is 5.92 Å². The topological polar surface area (TPSA) is 139 Å². The minimum absolute atomic E-state index is 0.0124. The number of urea groups is 2. The molecule has 4 amide bonds. The van der Waals surface area contributed by atoms with Crippen molar-refractivity contribution in [2.45, 2.75) is 114 Å². The second-order valence-electron chi connectivity index (χ2n) is 14.3. The molecule has 7 rings (SSSR count). The fourth-order valence-corrected chi connectivity index (χ4v) is 10.4. The fraction of sp³-hybridized carbons (Fsp3) is 0.588. The third-order valence-corrected chi connectivity index (χ3v) is 13.4. The number of rotatable bonds is 9. The standard InChI is InChI=1S/C34H44N4O5S2/c1-34(2,44(41)37-32(39)35-30-25-9-3-6-21(25)16-22-7-4-10-26(22)30)18-24-14-15-28-29(24)17-23-8-5-11-27(23)31(28)36-33(40)38-45(42,43)19-20-12-13-20/h16-17,20,24H,3-15,18-19H2,1-2H3,(H2,35,37,39)(H2,36,38,40). The number of carbonyl (C=O) groups excluding carboxylic acids is 2. The van der Waals surface area contributed by atoms with E-state index < -0.39 is 38.2 Å². The molecule has 9 nitrogen and oxygen atoms in total. The van der Waals surface area contributed by atoms with Crippen molar-refractivity contribution in [3.63, 3.8) is 0 Å². The Morgan fingerprint density at radius 1 is 0.800 bits per heavy atom. The lowest BCUT2D eigenvalue weighted by Crippen LogP contribution is -2.46. The maximum atomic E-state index is 13.7. The lowest BCUT2D eigenvalue weighted by molar-refractivity contribution is 0.255. The number of aryl methyl sites for hydroxylation is 3. The largest absolute Gasteiger partial charge is 0.593 e. The predicted molar refractivity (Wildman–Crippen MR) is 178 cm³/mol. The van der Waals surface area contributed by atoms with Crippen LogP contribution >= 0.6 is 0 Å². The lowest BCUT2D eigenvalue weighted by Gasteiger charge is -2.30. The van der Waals surface area contributed by atoms with Gasteiger partial charge < -0.3 is 15.2 Å². The normalized spacial score (nSPS) is 20.6. The number of nitrogens with one attached hydrogen (secondary N) is 4. The van der Waals surface area contributed by atoms with Crippen molar-refractivity contribution < 1.29 is 22.6 Å². The zero-order valence-corrected chi connectivity index (χ0v) is 27.9. The van der Waals surface area contributed by atoms with Gasteiger partial charge in [0.1, 0.15) is 4.75 Å². The van der Waals surface area contributed by atoms with Crippen LogP contribution < -0.4 is 20.1 Å². The van der Waals surface area contributed by atoms with Gasteiger partial charge >= 0.3 is 12.1 Å². The Hall–Kier alpha value is -2.76. The molecule has 242 valence electrons. The van der Waals surface area contributed by atoms with Crippen LogP contribution in [0.5, 0.6) is 0 Å². The fourth-order valence-electron chi connectivity index (χ4n) is 8.20. The van der Waals surface area contributed by atoms with Crippen molar-refractivity contribution in [1.82, 2.24) is 9.44 Å². The monoisotopic (exact) mass is 652 g/mol. The number of hydrogen-bond acceptors (Lipinski definition) is 5. The number of fused-ring (bicyclic) bond motifs is 4. The molecule has 0 heterocycles. The molecule has 45 heavy (non-hydrogen) atoms. The van der Waals surface area contributed by atoms with Gasteiger partial charge in [0, 0.05) is 17.8 Å². The summed E-state index contributed by atoms with van der Waals surface area (Å²) >= 11 is -1.64. The first-order valence-electron chi connectivity index (χ1n) is 16.6. The van der Waals surface area contributed by atoms with E-state index >= 15 is 0 Å². The summed E-state index contributed by atoms with van der Waals surface area (Å²) in [6, 6.07) is 3.45. The zero-order valence-electron chi connectivity index (χ0n) is 26.3. The average molecular weight is 653 g/mol. The van der Waals surface area contributed by atoms with Crippen LogP contribution in [0.3, 0.4) is 0 Å². The van der Waals surface area contributed by atoms with Crippen LogP contribution in [0.4, 0.5) is 21.0 Å². The molecule has 4 N–H and O–H groups in total. The van der Waals surface area contributed by atoms with E-state index in [9.17, 15) is 22.6 Å². The average Bonchev–Trinajstić information content (AvgIpc) is 3.42. The minimum Gasteiger partial charge on any atom is -0.593 e. The first-order chi connectivity index (χ1) is 21.5. The third kappa shape index (κ3) is 6.32. The van der Waals surface area contributed by atoms with Crippen LogP contribution in [-0.4, -0.2) is 35.5 Å². The Bertz CT molecular complexity index is 1640. The highest BCUT2D eigenvalue weighted by molar-refractivity contribution is 7.91. The first-order valence-corrected chi connectivity index (χ1v) is 19.4. The molecule has 2 unspecified atom stereocenters. The predicted octanol–water partition coefficient (Wildman–Crippen LogP) is 5.70. The van der Waals surface area contributed by atoms with Crippen LogP contribution in [0.1, 0.15) is 109 Å². The lowest BCUT2D eigenvalue weighted by atomic mass is 9.89. The SMILES string of the molecule is CC(C)(CC1CCc2c1cc1c(c2NC(=O)NS(=O)(=O)CC2CC2)CCC1)[S+]([O-])NC(=O)Nc1c2c(cc3c1CCC3)CCC2. The molecule has 2 aromatic carbocycles. The summed E-state index contributed by atoms with van der Waals surface area (Å²) in [5, 5.41) is 6.04. The zero-order chi connectivity index (χ0) is 31.5. The van der Waals surface area contributed by atoms with Gasteiger partial charge in [0.2, 0.25) is 10.0 Å². The molecule has 0 bridgehead atoms. The molecule has 0 radical (unpaired) electrons. The van der Waals surface area contributed by atoms with Crippen molar-refractivity contribution in [2.24, 2.45) is 5.92 Å². The maximum absolute atomic E-state index is 13.7. The summed E-state index contributed by atoms with van der Waals surface area (Å²) in [5.74, 6) is 0.245. The Morgan fingerprint density at radius 2 is 1.36 bits per heavy atom. The smallest absolute Gasteiger partial charge is 0.360 e. The summed E-state index contributed by atoms with van der Waals surface area (Å²) < 4.78 is 42.9. The number of benzene rings is 2. The van der Waals surface area contributed by atoms with E-state index in [1.165, 1.54) is 27.8 Å². The Morgan fingerprint density at radius 3 is 1.96 bits per heavy atom. The highest BCUT2D eigenvalue weighted by Gasteiger charge is 2.41. The van der Waals surface area contributed by atoms with Crippen molar-refractivity contribution in [3.05, 3.63) is 56.6 Å². The van der Waals surface area contributed by atoms with Crippen LogP contribution in [-0.2, 0) is 66.3 Å². The van der Waals surface area contributed by atoms with E-state index in [-0.39, 0.29) is 17.6 Å². The number of hydrogen-bond donors (Lipinski definition) is 4. The molecule has 5 aliphatic rings. The summed E-state index contributed by atoms with van der Waals surface area (Å²) in [4.78, 5) is 26.1. The van der Waals surface area contributed by atoms with Gasteiger partial charge in [0.25, 0.3) is 0 Å². The molecule has 5 aliphatic carbocycles. The summed E-state index contributed by atoms with van der Waals surface area (Å²) in [7, 11) is -3.68. The number of amides is 4. The van der Waals surface area contributed by atoms with Crippen molar-refractivity contribution >= 4 is 44.8 Å². The molecule has 2 aromatic rings. The number of carbonyl (C=O) groups is 2. The van der Waals surface area contributed by atoms with Crippen molar-refractivity contribution in [1.29, 1.82) is 0 Å². The first kappa shape index (κ1) is 30.9. The molecule has 1 fully saturated rings. The van der Waals surface area contributed by atoms with Crippen molar-refractivity contribution in [2.75, 3.05) is 16.4 Å². The van der Waals surface area contributed by atoms with Gasteiger partial charge in [-0.15, -0.1) is 0 Å². The van der Waals surface area contributed by atoms with E-state index in [0.717, 1.165) is 112 Å². The molecule has 0 saturated heterocycles. The van der Waals surface area contributed by atoms with Gasteiger partial charge in [-0.25, -0.2) is 22.7 Å². The maximum Gasteiger partial charge on any atom is 0.360 e.